The predicted octanol–water partition coefficient (Wildman–Crippen LogP) is 4.29. The molecule has 0 aliphatic heterocycles. The van der Waals surface area contributed by atoms with E-state index in [0.29, 0.717) is 18.0 Å². The van der Waals surface area contributed by atoms with Crippen LogP contribution in [0.15, 0.2) is 30.4 Å². The second-order valence-electron chi connectivity index (χ2n) is 5.09. The van der Waals surface area contributed by atoms with Gasteiger partial charge >= 0.3 is 6.18 Å². The molecule has 0 fully saturated rings. The van der Waals surface area contributed by atoms with E-state index in [1.54, 1.807) is 0 Å². The van der Waals surface area contributed by atoms with Gasteiger partial charge in [0.1, 0.15) is 5.82 Å². The zero-order valence-electron chi connectivity index (χ0n) is 11.0. The van der Waals surface area contributed by atoms with Crippen molar-refractivity contribution >= 4 is 0 Å². The highest BCUT2D eigenvalue weighted by Crippen LogP contribution is 2.31. The smallest absolute Gasteiger partial charge is 0.312 e. The number of allylic oxidation sites excluding steroid dienone is 2. The summed E-state index contributed by atoms with van der Waals surface area (Å²) in [5.41, 5.74) is -0.748. The quantitative estimate of drug-likeness (QED) is 0.643. The maximum Gasteiger partial charge on any atom is 0.419 e. The lowest BCUT2D eigenvalue weighted by atomic mass is 9.94. The molecule has 0 heterocycles. The molecular weight excluding hydrogens is 270 g/mol. The molecule has 0 aromatic heterocycles. The molecule has 1 nitrogen and oxygen atoms in total. The molecule has 0 amide bonds. The molecule has 0 radical (unpaired) electrons. The average Bonchev–Trinajstić information content (AvgIpc) is 2.40. The molecular formula is C15H17F4N. The van der Waals surface area contributed by atoms with Gasteiger partial charge in [0.15, 0.2) is 0 Å². The Balaban J connectivity index is 1.91. The van der Waals surface area contributed by atoms with E-state index >= 15 is 0 Å². The number of alkyl halides is 3. The molecule has 110 valence electrons. The summed E-state index contributed by atoms with van der Waals surface area (Å²) in [6, 6.07) is 3.14. The Hall–Kier alpha value is -1.36. The fraction of sp³-hybridized carbons (Fsp3) is 0.467. The Labute approximate surface area is 115 Å². The molecule has 1 aromatic rings. The van der Waals surface area contributed by atoms with Crippen molar-refractivity contribution in [1.82, 2.24) is 5.32 Å². The first-order valence-corrected chi connectivity index (χ1v) is 6.68. The van der Waals surface area contributed by atoms with E-state index in [2.05, 4.69) is 17.5 Å². The van der Waals surface area contributed by atoms with Gasteiger partial charge in [0.25, 0.3) is 0 Å². The van der Waals surface area contributed by atoms with E-state index in [-0.39, 0.29) is 0 Å². The summed E-state index contributed by atoms with van der Waals surface area (Å²) in [4.78, 5) is 0. The Morgan fingerprint density at radius 1 is 1.20 bits per heavy atom. The van der Waals surface area contributed by atoms with Crippen molar-refractivity contribution < 1.29 is 17.6 Å². The van der Waals surface area contributed by atoms with Crippen LogP contribution in [0.3, 0.4) is 0 Å². The standard InChI is InChI=1S/C15H17F4N/c16-14-7-6-12(8-13(14)15(17,18)19)10-20-9-11-4-2-1-3-5-11/h1-2,6-8,11,20H,3-5,9-10H2. The highest BCUT2D eigenvalue weighted by molar-refractivity contribution is 5.27. The Morgan fingerprint density at radius 3 is 2.65 bits per heavy atom. The zero-order chi connectivity index (χ0) is 14.6. The van der Waals surface area contributed by atoms with E-state index in [1.807, 2.05) is 0 Å². The molecule has 2 rings (SSSR count). The molecule has 1 unspecified atom stereocenters. The van der Waals surface area contributed by atoms with E-state index < -0.39 is 17.6 Å². The lowest BCUT2D eigenvalue weighted by Crippen LogP contribution is -2.23. The molecule has 1 aliphatic carbocycles. The maximum atomic E-state index is 13.1. The van der Waals surface area contributed by atoms with Crippen molar-refractivity contribution in [3.05, 3.63) is 47.3 Å². The summed E-state index contributed by atoms with van der Waals surface area (Å²) in [6.07, 6.45) is 2.79. The average molecular weight is 287 g/mol. The largest absolute Gasteiger partial charge is 0.419 e. The van der Waals surface area contributed by atoms with Crippen LogP contribution in [0.25, 0.3) is 0 Å². The number of benzene rings is 1. The molecule has 0 bridgehead atoms. The lowest BCUT2D eigenvalue weighted by Gasteiger charge is -2.18. The van der Waals surface area contributed by atoms with Crippen LogP contribution in [0.4, 0.5) is 17.6 Å². The Morgan fingerprint density at radius 2 is 2.00 bits per heavy atom. The van der Waals surface area contributed by atoms with E-state index in [0.717, 1.165) is 37.9 Å². The van der Waals surface area contributed by atoms with Crippen LogP contribution in [-0.2, 0) is 12.7 Å². The van der Waals surface area contributed by atoms with Crippen molar-refractivity contribution in [2.75, 3.05) is 6.54 Å². The second-order valence-corrected chi connectivity index (χ2v) is 5.09. The minimum atomic E-state index is -4.64. The summed E-state index contributed by atoms with van der Waals surface area (Å²) in [5.74, 6) is -0.693. The van der Waals surface area contributed by atoms with Crippen LogP contribution in [0.5, 0.6) is 0 Å². The third-order valence-corrected chi connectivity index (χ3v) is 3.48. The van der Waals surface area contributed by atoms with Gasteiger partial charge in [0, 0.05) is 6.54 Å². The number of nitrogens with one attached hydrogen (secondary N) is 1. The molecule has 0 spiro atoms. The van der Waals surface area contributed by atoms with Gasteiger partial charge in [-0.05, 0) is 49.4 Å². The van der Waals surface area contributed by atoms with Crippen LogP contribution >= 0.6 is 0 Å². The Bertz CT molecular complexity index is 479. The normalized spacial score (nSPS) is 19.3. The van der Waals surface area contributed by atoms with Crippen LogP contribution < -0.4 is 5.32 Å². The first-order valence-electron chi connectivity index (χ1n) is 6.68. The molecule has 1 aromatic carbocycles. The van der Waals surface area contributed by atoms with Gasteiger partial charge in [-0.15, -0.1) is 0 Å². The van der Waals surface area contributed by atoms with Crippen molar-refractivity contribution in [3.8, 4) is 0 Å². The van der Waals surface area contributed by atoms with Crippen LogP contribution in [0, 0.1) is 11.7 Å². The number of rotatable bonds is 4. The summed E-state index contributed by atoms with van der Waals surface area (Å²) < 4.78 is 50.9. The summed E-state index contributed by atoms with van der Waals surface area (Å²) >= 11 is 0. The molecule has 1 atom stereocenters. The first-order chi connectivity index (χ1) is 9.47. The Kier molecular flexibility index (Phi) is 4.81. The highest BCUT2D eigenvalue weighted by Gasteiger charge is 2.34. The summed E-state index contributed by atoms with van der Waals surface area (Å²) in [7, 11) is 0. The molecule has 20 heavy (non-hydrogen) atoms. The van der Waals surface area contributed by atoms with E-state index in [9.17, 15) is 17.6 Å². The zero-order valence-corrected chi connectivity index (χ0v) is 11.0. The van der Waals surface area contributed by atoms with Crippen LogP contribution in [0.2, 0.25) is 0 Å². The topological polar surface area (TPSA) is 12.0 Å². The van der Waals surface area contributed by atoms with Gasteiger partial charge < -0.3 is 5.32 Å². The monoisotopic (exact) mass is 287 g/mol. The van der Waals surface area contributed by atoms with Gasteiger partial charge in [-0.3, -0.25) is 0 Å². The molecule has 5 heteroatoms. The maximum absolute atomic E-state index is 13.1. The molecule has 0 saturated carbocycles. The predicted molar refractivity (Wildman–Crippen MR) is 69.6 cm³/mol. The van der Waals surface area contributed by atoms with Gasteiger partial charge in [0.05, 0.1) is 5.56 Å². The van der Waals surface area contributed by atoms with Crippen LogP contribution in [-0.4, -0.2) is 6.54 Å². The second kappa shape index (κ2) is 6.39. The fourth-order valence-electron chi connectivity index (χ4n) is 2.36. The third-order valence-electron chi connectivity index (χ3n) is 3.48. The molecule has 0 saturated heterocycles. The minimum Gasteiger partial charge on any atom is -0.312 e. The summed E-state index contributed by atoms with van der Waals surface area (Å²) in [5, 5.41) is 3.15. The number of hydrogen-bond acceptors (Lipinski definition) is 1. The van der Waals surface area contributed by atoms with Gasteiger partial charge in [0.2, 0.25) is 0 Å². The number of hydrogen-bond donors (Lipinski definition) is 1. The molecule has 1 N–H and O–H groups in total. The van der Waals surface area contributed by atoms with E-state index in [1.165, 1.54) is 6.07 Å². The van der Waals surface area contributed by atoms with Crippen molar-refractivity contribution in [1.29, 1.82) is 0 Å². The summed E-state index contributed by atoms with van der Waals surface area (Å²) in [6.45, 7) is 1.09. The SMILES string of the molecule is Fc1ccc(CNCC2CC=CCC2)cc1C(F)(F)F. The van der Waals surface area contributed by atoms with Gasteiger partial charge in [-0.2, -0.15) is 13.2 Å². The van der Waals surface area contributed by atoms with Crippen molar-refractivity contribution in [3.63, 3.8) is 0 Å². The number of halogens is 4. The first kappa shape index (κ1) is 15.0. The van der Waals surface area contributed by atoms with Crippen molar-refractivity contribution in [2.24, 2.45) is 5.92 Å². The fourth-order valence-corrected chi connectivity index (χ4v) is 2.36. The van der Waals surface area contributed by atoms with E-state index in [4.69, 9.17) is 0 Å². The molecule has 1 aliphatic rings. The third kappa shape index (κ3) is 4.07. The van der Waals surface area contributed by atoms with Crippen molar-refractivity contribution in [2.45, 2.75) is 32.0 Å². The lowest BCUT2D eigenvalue weighted by molar-refractivity contribution is -0.140. The van der Waals surface area contributed by atoms with Crippen LogP contribution in [0.1, 0.15) is 30.4 Å². The minimum absolute atomic E-state index is 0.323. The van der Waals surface area contributed by atoms with Gasteiger partial charge in [-0.25, -0.2) is 4.39 Å². The highest BCUT2D eigenvalue weighted by atomic mass is 19.4. The van der Waals surface area contributed by atoms with Gasteiger partial charge in [-0.1, -0.05) is 18.2 Å².